The summed E-state index contributed by atoms with van der Waals surface area (Å²) in [5, 5.41) is 17.5. The standard InChI is InChI=1S/C19H17N3O4/c1-3-13-5-8-14(9-6-13)16-11-18(26-21-16)20-19(23)15-7-4-12(2)17(10-15)22(24)25/h4-11H,3H2,1-2H3,(H,20,23). The van der Waals surface area contributed by atoms with Crippen LogP contribution in [0.2, 0.25) is 0 Å². The molecule has 132 valence electrons. The summed E-state index contributed by atoms with van der Waals surface area (Å²) in [6.07, 6.45) is 0.948. The van der Waals surface area contributed by atoms with E-state index in [0.717, 1.165) is 12.0 Å². The topological polar surface area (TPSA) is 98.3 Å². The Balaban J connectivity index is 1.77. The monoisotopic (exact) mass is 351 g/mol. The summed E-state index contributed by atoms with van der Waals surface area (Å²) in [4.78, 5) is 22.8. The van der Waals surface area contributed by atoms with Gasteiger partial charge in [-0.05, 0) is 25.0 Å². The minimum atomic E-state index is -0.515. The first-order valence-corrected chi connectivity index (χ1v) is 8.10. The Morgan fingerprint density at radius 2 is 1.92 bits per heavy atom. The van der Waals surface area contributed by atoms with Gasteiger partial charge in [0.2, 0.25) is 5.88 Å². The van der Waals surface area contributed by atoms with Crippen molar-refractivity contribution in [1.82, 2.24) is 5.16 Å². The maximum absolute atomic E-state index is 12.3. The molecule has 0 radical (unpaired) electrons. The van der Waals surface area contributed by atoms with Crippen molar-refractivity contribution in [3.8, 4) is 11.3 Å². The number of nitrogens with one attached hydrogen (secondary N) is 1. The number of nitro benzene ring substituents is 1. The number of rotatable bonds is 5. The molecule has 1 N–H and O–H groups in total. The number of amides is 1. The number of hydrogen-bond donors (Lipinski definition) is 1. The average molecular weight is 351 g/mol. The van der Waals surface area contributed by atoms with Crippen molar-refractivity contribution >= 4 is 17.5 Å². The molecule has 1 aromatic heterocycles. The number of nitro groups is 1. The molecule has 0 saturated heterocycles. The van der Waals surface area contributed by atoms with E-state index in [0.29, 0.717) is 11.3 Å². The molecule has 0 aliphatic rings. The van der Waals surface area contributed by atoms with Gasteiger partial charge in [0.25, 0.3) is 11.6 Å². The quantitative estimate of drug-likeness (QED) is 0.543. The lowest BCUT2D eigenvalue weighted by Gasteiger charge is -2.02. The molecule has 0 unspecified atom stereocenters. The van der Waals surface area contributed by atoms with Crippen LogP contribution in [0.15, 0.2) is 53.1 Å². The molecule has 0 bridgehead atoms. The van der Waals surface area contributed by atoms with Crippen molar-refractivity contribution in [2.45, 2.75) is 20.3 Å². The smallest absolute Gasteiger partial charge is 0.273 e. The number of carbonyl (C=O) groups excluding carboxylic acids is 1. The average Bonchev–Trinajstić information content (AvgIpc) is 3.10. The molecular weight excluding hydrogens is 334 g/mol. The van der Waals surface area contributed by atoms with E-state index in [1.54, 1.807) is 13.0 Å². The Morgan fingerprint density at radius 1 is 1.19 bits per heavy atom. The Labute approximate surface area is 149 Å². The van der Waals surface area contributed by atoms with Crippen molar-refractivity contribution in [2.24, 2.45) is 0 Å². The van der Waals surface area contributed by atoms with Crippen LogP contribution in [-0.2, 0) is 6.42 Å². The van der Waals surface area contributed by atoms with Gasteiger partial charge in [-0.15, -0.1) is 0 Å². The van der Waals surface area contributed by atoms with Gasteiger partial charge in [0, 0.05) is 28.8 Å². The molecule has 0 spiro atoms. The molecule has 3 aromatic rings. The molecule has 0 saturated carbocycles. The summed E-state index contributed by atoms with van der Waals surface area (Å²) in [5.41, 5.74) is 3.24. The van der Waals surface area contributed by atoms with Gasteiger partial charge < -0.3 is 4.52 Å². The van der Waals surface area contributed by atoms with E-state index in [2.05, 4.69) is 17.4 Å². The summed E-state index contributed by atoms with van der Waals surface area (Å²) < 4.78 is 5.15. The van der Waals surface area contributed by atoms with E-state index in [4.69, 9.17) is 4.52 Å². The SMILES string of the molecule is CCc1ccc(-c2cc(NC(=O)c3ccc(C)c([N+](=O)[O-])c3)on2)cc1. The Hall–Kier alpha value is -3.48. The molecule has 2 aromatic carbocycles. The van der Waals surface area contributed by atoms with E-state index in [-0.39, 0.29) is 17.1 Å². The van der Waals surface area contributed by atoms with Crippen molar-refractivity contribution in [3.63, 3.8) is 0 Å². The molecule has 3 rings (SSSR count). The molecule has 26 heavy (non-hydrogen) atoms. The lowest BCUT2D eigenvalue weighted by Crippen LogP contribution is -2.11. The Morgan fingerprint density at radius 3 is 2.58 bits per heavy atom. The molecule has 0 atom stereocenters. The third-order valence-corrected chi connectivity index (χ3v) is 4.07. The number of carbonyl (C=O) groups is 1. The second-order valence-corrected chi connectivity index (χ2v) is 5.84. The van der Waals surface area contributed by atoms with Gasteiger partial charge in [0.1, 0.15) is 5.69 Å². The van der Waals surface area contributed by atoms with E-state index in [9.17, 15) is 14.9 Å². The highest BCUT2D eigenvalue weighted by Gasteiger charge is 2.16. The van der Waals surface area contributed by atoms with Crippen LogP contribution in [0.1, 0.15) is 28.4 Å². The number of nitrogens with zero attached hydrogens (tertiary/aromatic N) is 2. The van der Waals surface area contributed by atoms with Gasteiger partial charge in [-0.1, -0.05) is 42.4 Å². The largest absolute Gasteiger partial charge is 0.338 e. The zero-order valence-corrected chi connectivity index (χ0v) is 14.4. The number of hydrogen-bond acceptors (Lipinski definition) is 5. The molecule has 7 heteroatoms. The van der Waals surface area contributed by atoms with Crippen LogP contribution in [0.4, 0.5) is 11.6 Å². The predicted octanol–water partition coefficient (Wildman–Crippen LogP) is 4.37. The third kappa shape index (κ3) is 3.61. The summed E-state index contributed by atoms with van der Waals surface area (Å²) in [5.74, 6) is -0.329. The number of benzene rings is 2. The first-order chi connectivity index (χ1) is 12.5. The molecule has 0 fully saturated rings. The highest BCUT2D eigenvalue weighted by Crippen LogP contribution is 2.24. The second-order valence-electron chi connectivity index (χ2n) is 5.84. The Bertz CT molecular complexity index is 961. The van der Waals surface area contributed by atoms with E-state index >= 15 is 0 Å². The van der Waals surface area contributed by atoms with Gasteiger partial charge in [0.05, 0.1) is 4.92 Å². The molecule has 7 nitrogen and oxygen atoms in total. The number of anilines is 1. The highest BCUT2D eigenvalue weighted by molar-refractivity contribution is 6.04. The molecule has 1 amide bonds. The zero-order chi connectivity index (χ0) is 18.7. The van der Waals surface area contributed by atoms with Crippen molar-refractivity contribution in [2.75, 3.05) is 5.32 Å². The van der Waals surface area contributed by atoms with Gasteiger partial charge in [-0.3, -0.25) is 20.2 Å². The van der Waals surface area contributed by atoms with Crippen LogP contribution in [0, 0.1) is 17.0 Å². The van der Waals surface area contributed by atoms with Gasteiger partial charge >= 0.3 is 0 Å². The van der Waals surface area contributed by atoms with Crippen molar-refractivity contribution in [1.29, 1.82) is 0 Å². The fraction of sp³-hybridized carbons (Fsp3) is 0.158. The lowest BCUT2D eigenvalue weighted by molar-refractivity contribution is -0.385. The number of aromatic nitrogens is 1. The lowest BCUT2D eigenvalue weighted by atomic mass is 10.1. The van der Waals surface area contributed by atoms with Crippen molar-refractivity contribution < 1.29 is 14.2 Å². The third-order valence-electron chi connectivity index (χ3n) is 4.07. The number of aryl methyl sites for hydroxylation is 2. The van der Waals surface area contributed by atoms with E-state index in [1.807, 2.05) is 24.3 Å². The highest BCUT2D eigenvalue weighted by atomic mass is 16.6. The summed E-state index contributed by atoms with van der Waals surface area (Å²) in [6.45, 7) is 3.69. The maximum atomic E-state index is 12.3. The van der Waals surface area contributed by atoms with Crippen molar-refractivity contribution in [3.05, 3.63) is 75.3 Å². The van der Waals surface area contributed by atoms with Crippen LogP contribution in [0.3, 0.4) is 0 Å². The second kappa shape index (κ2) is 7.18. The fourth-order valence-electron chi connectivity index (χ4n) is 2.51. The Kier molecular flexibility index (Phi) is 4.79. The molecule has 1 heterocycles. The summed E-state index contributed by atoms with van der Waals surface area (Å²) in [7, 11) is 0. The minimum Gasteiger partial charge on any atom is -0.338 e. The van der Waals surface area contributed by atoms with Gasteiger partial charge in [-0.2, -0.15) is 0 Å². The van der Waals surface area contributed by atoms with Crippen LogP contribution >= 0.6 is 0 Å². The summed E-state index contributed by atoms with van der Waals surface area (Å²) in [6, 6.07) is 13.8. The van der Waals surface area contributed by atoms with Crippen LogP contribution in [-0.4, -0.2) is 16.0 Å². The molecular formula is C19H17N3O4. The van der Waals surface area contributed by atoms with Crippen LogP contribution < -0.4 is 5.32 Å². The molecule has 0 aliphatic carbocycles. The van der Waals surface area contributed by atoms with Crippen LogP contribution in [0.5, 0.6) is 0 Å². The van der Waals surface area contributed by atoms with Gasteiger partial charge in [0.15, 0.2) is 0 Å². The maximum Gasteiger partial charge on any atom is 0.273 e. The van der Waals surface area contributed by atoms with Gasteiger partial charge in [-0.25, -0.2) is 0 Å². The first kappa shape index (κ1) is 17.3. The summed E-state index contributed by atoms with van der Waals surface area (Å²) >= 11 is 0. The first-order valence-electron chi connectivity index (χ1n) is 8.10. The normalized spacial score (nSPS) is 10.5. The predicted molar refractivity (Wildman–Crippen MR) is 97.1 cm³/mol. The van der Waals surface area contributed by atoms with E-state index < -0.39 is 10.8 Å². The molecule has 0 aliphatic heterocycles. The minimum absolute atomic E-state index is 0.105. The van der Waals surface area contributed by atoms with E-state index in [1.165, 1.54) is 23.8 Å². The fourth-order valence-corrected chi connectivity index (χ4v) is 2.51. The zero-order valence-electron chi connectivity index (χ0n) is 14.4. The van der Waals surface area contributed by atoms with Crippen LogP contribution in [0.25, 0.3) is 11.3 Å².